The minimum Gasteiger partial charge on any atom is -0.394 e. The molecule has 1 unspecified atom stereocenters. The van der Waals surface area contributed by atoms with E-state index in [0.29, 0.717) is 23.8 Å². The molecule has 4 heterocycles. The van der Waals surface area contributed by atoms with E-state index in [1.807, 2.05) is 64.1 Å². The average molecular weight is 542 g/mol. The first-order chi connectivity index (χ1) is 18.2. The van der Waals surface area contributed by atoms with Crippen LogP contribution < -0.4 is 4.90 Å². The second-order valence-corrected chi connectivity index (χ2v) is 11.5. The number of carbonyl (C=O) groups is 3. The van der Waals surface area contributed by atoms with E-state index in [0.717, 1.165) is 12.0 Å². The number of anilines is 1. The van der Waals surface area contributed by atoms with Crippen LogP contribution in [0, 0.1) is 24.7 Å². The number of aliphatic hydroxyl groups excluding tert-OH is 1. The summed E-state index contributed by atoms with van der Waals surface area (Å²) in [7, 11) is 0. The third-order valence-electron chi connectivity index (χ3n) is 8.45. The van der Waals surface area contributed by atoms with E-state index in [-0.39, 0.29) is 36.8 Å². The predicted molar refractivity (Wildman–Crippen MR) is 145 cm³/mol. The van der Waals surface area contributed by atoms with E-state index in [9.17, 15) is 19.5 Å². The Morgan fingerprint density at radius 1 is 1.13 bits per heavy atom. The third-order valence-corrected chi connectivity index (χ3v) is 8.75. The fourth-order valence-corrected chi connectivity index (χ4v) is 7.07. The topological polar surface area (TPSA) is 90.4 Å². The van der Waals surface area contributed by atoms with Gasteiger partial charge < -0.3 is 24.5 Å². The minimum atomic E-state index is -1.34. The van der Waals surface area contributed by atoms with Gasteiger partial charge in [-0.15, -0.1) is 0 Å². The van der Waals surface area contributed by atoms with Crippen LogP contribution in [0.1, 0.15) is 32.8 Å². The zero-order chi connectivity index (χ0) is 27.4. The number of benzene rings is 1. The number of hydrogen-bond acceptors (Lipinski definition) is 5. The summed E-state index contributed by atoms with van der Waals surface area (Å²) >= 11 is 6.59. The molecule has 1 aromatic rings. The summed E-state index contributed by atoms with van der Waals surface area (Å²) in [4.78, 5) is 47.6. The van der Waals surface area contributed by atoms with Gasteiger partial charge >= 0.3 is 0 Å². The highest BCUT2D eigenvalue weighted by Crippen LogP contribution is 2.54. The number of fused-ring (bicyclic) bond motifs is 2. The average Bonchev–Trinajstić information content (AvgIpc) is 3.19. The summed E-state index contributed by atoms with van der Waals surface area (Å²) in [5.74, 6) is -2.56. The molecule has 0 radical (unpaired) electrons. The first kappa shape index (κ1) is 26.9. The first-order valence-corrected chi connectivity index (χ1v) is 13.9. The number of rotatable bonds is 6. The molecule has 0 bridgehead atoms. The van der Waals surface area contributed by atoms with Gasteiger partial charge in [0.15, 0.2) is 0 Å². The van der Waals surface area contributed by atoms with Gasteiger partial charge in [-0.25, -0.2) is 0 Å². The van der Waals surface area contributed by atoms with Gasteiger partial charge in [0.25, 0.3) is 5.91 Å². The van der Waals surface area contributed by atoms with E-state index >= 15 is 0 Å². The molecule has 6 atom stereocenters. The van der Waals surface area contributed by atoms with Gasteiger partial charge in [-0.3, -0.25) is 14.4 Å². The molecule has 8 nitrogen and oxygen atoms in total. The monoisotopic (exact) mass is 541 g/mol. The maximum atomic E-state index is 14.5. The molecular formula is C29H36ClN3O5. The summed E-state index contributed by atoms with van der Waals surface area (Å²) < 4.78 is 6.68. The Hall–Kier alpha value is -2.68. The Morgan fingerprint density at radius 2 is 1.89 bits per heavy atom. The molecule has 1 N–H and O–H groups in total. The zero-order valence-electron chi connectivity index (χ0n) is 22.3. The normalized spacial score (nSPS) is 31.4. The number of ether oxygens (including phenoxy) is 1. The smallest absolute Gasteiger partial charge is 0.253 e. The number of likely N-dealkylation sites (tertiary alicyclic amines) is 1. The molecular weight excluding hydrogens is 506 g/mol. The summed E-state index contributed by atoms with van der Waals surface area (Å²) in [6, 6.07) is 3.78. The predicted octanol–water partition coefficient (Wildman–Crippen LogP) is 2.96. The van der Waals surface area contributed by atoms with Gasteiger partial charge in [-0.1, -0.05) is 68.8 Å². The van der Waals surface area contributed by atoms with Crippen molar-refractivity contribution in [1.29, 1.82) is 0 Å². The molecule has 3 amide bonds. The van der Waals surface area contributed by atoms with Crippen LogP contribution in [0.2, 0.25) is 5.02 Å². The minimum absolute atomic E-state index is 0.132. The van der Waals surface area contributed by atoms with E-state index in [1.54, 1.807) is 15.9 Å². The second kappa shape index (κ2) is 10.1. The van der Waals surface area contributed by atoms with Gasteiger partial charge in [0.2, 0.25) is 11.8 Å². The fourth-order valence-electron chi connectivity index (χ4n) is 6.74. The molecule has 4 aliphatic heterocycles. The summed E-state index contributed by atoms with van der Waals surface area (Å²) in [6.07, 6.45) is 7.61. The number of aryl methyl sites for hydroxylation is 1. The summed E-state index contributed by atoms with van der Waals surface area (Å²) in [6.45, 7) is 8.69. The van der Waals surface area contributed by atoms with Crippen LogP contribution in [0.4, 0.5) is 5.69 Å². The van der Waals surface area contributed by atoms with Crippen molar-refractivity contribution in [3.05, 3.63) is 53.1 Å². The fraction of sp³-hybridized carbons (Fsp3) is 0.552. The van der Waals surface area contributed by atoms with Gasteiger partial charge in [0, 0.05) is 19.6 Å². The van der Waals surface area contributed by atoms with Gasteiger partial charge in [-0.2, -0.15) is 0 Å². The van der Waals surface area contributed by atoms with Crippen LogP contribution in [0.3, 0.4) is 0 Å². The lowest BCUT2D eigenvalue weighted by Crippen LogP contribution is -2.59. The molecule has 0 aliphatic carbocycles. The number of carbonyl (C=O) groups excluding carboxylic acids is 3. The van der Waals surface area contributed by atoms with Crippen molar-refractivity contribution in [2.75, 3.05) is 31.1 Å². The maximum Gasteiger partial charge on any atom is 0.253 e. The standard InChI is InChI=1S/C29H36ClN3O5/c1-5-13-31-14-7-11-21-22(26(31)35)23-27(36)33(20(16-34)17(2)3)25-28(37)32(15-8-12-29(23,25)38-21)24-18(4)9-6-10-19(24)30/h6-12,17,20-23,25,34H,5,13-16H2,1-4H3/t20-,21-,22+,23-,25?,29-/m0/s1. The number of para-hydroxylation sites is 1. The lowest BCUT2D eigenvalue weighted by Gasteiger charge is -2.40. The molecule has 5 rings (SSSR count). The van der Waals surface area contributed by atoms with Crippen molar-refractivity contribution in [3.63, 3.8) is 0 Å². The molecule has 204 valence electrons. The van der Waals surface area contributed by atoms with Crippen molar-refractivity contribution in [2.45, 2.75) is 57.9 Å². The number of hydrogen-bond donors (Lipinski definition) is 1. The molecule has 2 saturated heterocycles. The van der Waals surface area contributed by atoms with Crippen molar-refractivity contribution in [2.24, 2.45) is 17.8 Å². The number of aliphatic hydroxyl groups is 1. The van der Waals surface area contributed by atoms with Crippen LogP contribution in [0.15, 0.2) is 42.5 Å². The van der Waals surface area contributed by atoms with E-state index in [4.69, 9.17) is 16.3 Å². The van der Waals surface area contributed by atoms with Crippen molar-refractivity contribution >= 4 is 35.0 Å². The van der Waals surface area contributed by atoms with E-state index in [1.165, 1.54) is 4.90 Å². The van der Waals surface area contributed by atoms with Gasteiger partial charge in [-0.05, 0) is 30.9 Å². The maximum absolute atomic E-state index is 14.5. The zero-order valence-corrected chi connectivity index (χ0v) is 23.1. The Kier molecular flexibility index (Phi) is 7.18. The molecule has 4 aliphatic rings. The van der Waals surface area contributed by atoms with Crippen molar-refractivity contribution in [1.82, 2.24) is 9.80 Å². The Balaban J connectivity index is 1.67. The molecule has 0 saturated carbocycles. The highest BCUT2D eigenvalue weighted by atomic mass is 35.5. The number of nitrogens with zero attached hydrogens (tertiary/aromatic N) is 3. The Morgan fingerprint density at radius 3 is 2.55 bits per heavy atom. The van der Waals surface area contributed by atoms with Crippen LogP contribution in [-0.2, 0) is 19.1 Å². The number of halogens is 1. The summed E-state index contributed by atoms with van der Waals surface area (Å²) in [5.41, 5.74) is 0.0698. The lowest BCUT2D eigenvalue weighted by atomic mass is 9.77. The molecule has 1 aromatic carbocycles. The largest absolute Gasteiger partial charge is 0.394 e. The highest BCUT2D eigenvalue weighted by Gasteiger charge is 2.72. The van der Waals surface area contributed by atoms with Gasteiger partial charge in [0.05, 0.1) is 41.3 Å². The number of amides is 3. The van der Waals surface area contributed by atoms with Crippen molar-refractivity contribution in [3.8, 4) is 0 Å². The lowest BCUT2D eigenvalue weighted by molar-refractivity contribution is -0.147. The highest BCUT2D eigenvalue weighted by molar-refractivity contribution is 6.34. The van der Waals surface area contributed by atoms with Crippen LogP contribution in [0.25, 0.3) is 0 Å². The Bertz CT molecular complexity index is 1180. The van der Waals surface area contributed by atoms with E-state index in [2.05, 4.69) is 0 Å². The molecule has 38 heavy (non-hydrogen) atoms. The van der Waals surface area contributed by atoms with Gasteiger partial charge in [0.1, 0.15) is 11.6 Å². The first-order valence-electron chi connectivity index (χ1n) is 13.5. The van der Waals surface area contributed by atoms with Crippen LogP contribution in [0.5, 0.6) is 0 Å². The SMILES string of the molecule is CCCN1CC=C[C@@H]2O[C@]34C=CCN(c5c(C)cccc5Cl)C(=O)C3N([C@@H](CO)C(C)C)C(=O)[C@@H]4[C@@H]2C1=O. The Labute approximate surface area is 228 Å². The molecule has 1 spiro atoms. The molecule has 0 aromatic heterocycles. The van der Waals surface area contributed by atoms with E-state index < -0.39 is 35.6 Å². The third kappa shape index (κ3) is 3.91. The quantitative estimate of drug-likeness (QED) is 0.559. The van der Waals surface area contributed by atoms with Crippen molar-refractivity contribution < 1.29 is 24.2 Å². The second-order valence-electron chi connectivity index (χ2n) is 11.1. The van der Waals surface area contributed by atoms with Crippen LogP contribution in [-0.4, -0.2) is 82.7 Å². The van der Waals surface area contributed by atoms with Crippen LogP contribution >= 0.6 is 11.6 Å². The molecule has 9 heteroatoms. The summed E-state index contributed by atoms with van der Waals surface area (Å²) in [5, 5.41) is 10.8. The molecule has 2 fully saturated rings.